The van der Waals surface area contributed by atoms with E-state index in [1.165, 1.54) is 0 Å². The molecule has 2 aromatic carbocycles. The first kappa shape index (κ1) is 42.2. The van der Waals surface area contributed by atoms with Crippen LogP contribution in [0.15, 0.2) is 72.8 Å². The number of aromatic amines is 2. The summed E-state index contributed by atoms with van der Waals surface area (Å²) in [6.07, 6.45) is 13.3. The number of aliphatic hydroxyl groups is 4. The second-order valence-electron chi connectivity index (χ2n) is 14.6. The zero-order chi connectivity index (χ0) is 41.5. The first-order valence-electron chi connectivity index (χ1n) is 20.9. The number of hydrogen-bond donors (Lipinski definition) is 6. The van der Waals surface area contributed by atoms with Crippen LogP contribution in [-0.2, 0) is 0 Å². The number of aromatic nitrogens is 4. The number of unbranched alkanes of at least 4 members (excludes halogenated alkanes) is 4. The van der Waals surface area contributed by atoms with Gasteiger partial charge in [0.05, 0.1) is 60.3 Å². The summed E-state index contributed by atoms with van der Waals surface area (Å²) in [5.74, 6) is 2.55. The topological polar surface area (TPSA) is 175 Å². The minimum absolute atomic E-state index is 0.0941. The Bertz CT molecular complexity index is 2210. The standard InChI is InChI=1S/C48H54N4O8/c53-23-1-5-27-57-41-11-9-12-42(58-28-6-2-24-54)47(41)45-37-19-15-33(49-37)31-35-17-21-39(51-35)46(40-22-18-36(52-40)32-34-16-20-38(45)50-34)48-43(59-29-7-3-25-55)13-10-14-44(48)60-30-8-4-26-56/h9-22,31-32,49,52-56H,1-8,23-30H2. The Labute approximate surface area is 349 Å². The Morgan fingerprint density at radius 1 is 0.400 bits per heavy atom. The fourth-order valence-electron chi connectivity index (χ4n) is 7.18. The highest BCUT2D eigenvalue weighted by Crippen LogP contribution is 2.44. The summed E-state index contributed by atoms with van der Waals surface area (Å²) in [5, 5.41) is 37.7. The number of nitrogens with one attached hydrogen (secondary N) is 2. The molecule has 0 atom stereocenters. The molecule has 6 N–H and O–H groups in total. The van der Waals surface area contributed by atoms with Gasteiger partial charge >= 0.3 is 0 Å². The lowest BCUT2D eigenvalue weighted by Crippen LogP contribution is -2.04. The van der Waals surface area contributed by atoms with Gasteiger partial charge in [0.15, 0.2) is 0 Å². The quantitative estimate of drug-likeness (QED) is 0.0364. The Balaban J connectivity index is 1.43. The van der Waals surface area contributed by atoms with Crippen molar-refractivity contribution in [2.45, 2.75) is 51.4 Å². The Kier molecular flexibility index (Phi) is 15.0. The third-order valence-corrected chi connectivity index (χ3v) is 10.1. The lowest BCUT2D eigenvalue weighted by atomic mass is 10.0. The zero-order valence-corrected chi connectivity index (χ0v) is 33.9. The molecule has 0 fully saturated rings. The molecule has 0 amide bonds. The molecule has 3 aromatic heterocycles. The van der Waals surface area contributed by atoms with Crippen molar-refractivity contribution in [2.75, 3.05) is 52.9 Å². The van der Waals surface area contributed by atoms with Crippen LogP contribution in [0.5, 0.6) is 23.0 Å². The fraction of sp³-hybridized carbons (Fsp3) is 0.333. The number of ether oxygens (including phenoxy) is 4. The molecule has 2 aliphatic heterocycles. The van der Waals surface area contributed by atoms with E-state index in [1.807, 2.05) is 97.1 Å². The van der Waals surface area contributed by atoms with Crippen LogP contribution in [0.1, 0.15) is 74.1 Å². The third kappa shape index (κ3) is 10.4. The summed E-state index contributed by atoms with van der Waals surface area (Å²) in [5.41, 5.74) is 9.30. The van der Waals surface area contributed by atoms with Crippen LogP contribution in [-0.4, -0.2) is 93.2 Å². The minimum Gasteiger partial charge on any atom is -0.493 e. The average Bonchev–Trinajstić information content (AvgIpc) is 4.10. The van der Waals surface area contributed by atoms with E-state index in [0.29, 0.717) is 101 Å². The van der Waals surface area contributed by atoms with E-state index in [4.69, 9.17) is 28.9 Å². The fourth-order valence-corrected chi connectivity index (χ4v) is 7.18. The molecule has 8 bridgehead atoms. The summed E-state index contributed by atoms with van der Waals surface area (Å²) in [6.45, 7) is 2.05. The maximum absolute atomic E-state index is 9.42. The van der Waals surface area contributed by atoms with Crippen molar-refractivity contribution < 1.29 is 39.4 Å². The Morgan fingerprint density at radius 3 is 1.08 bits per heavy atom. The van der Waals surface area contributed by atoms with Gasteiger partial charge in [-0.2, -0.15) is 0 Å². The summed E-state index contributed by atoms with van der Waals surface area (Å²) in [6, 6.07) is 23.6. The predicted octanol–water partition coefficient (Wildman–Crippen LogP) is 8.59. The van der Waals surface area contributed by atoms with Gasteiger partial charge in [-0.05, 0) is 136 Å². The number of fused-ring (bicyclic) bond motifs is 8. The Morgan fingerprint density at radius 2 is 0.750 bits per heavy atom. The number of hydrogen-bond acceptors (Lipinski definition) is 10. The number of rotatable bonds is 22. The number of H-pyrrole nitrogens is 2. The van der Waals surface area contributed by atoms with Crippen LogP contribution in [0.2, 0.25) is 0 Å². The summed E-state index contributed by atoms with van der Waals surface area (Å²) >= 11 is 0. The second-order valence-corrected chi connectivity index (χ2v) is 14.6. The summed E-state index contributed by atoms with van der Waals surface area (Å²) in [7, 11) is 0. The molecule has 5 heterocycles. The van der Waals surface area contributed by atoms with E-state index >= 15 is 0 Å². The molecule has 0 saturated carbocycles. The van der Waals surface area contributed by atoms with Crippen LogP contribution in [0, 0.1) is 0 Å². The molecule has 314 valence electrons. The van der Waals surface area contributed by atoms with Crippen molar-refractivity contribution in [3.63, 3.8) is 0 Å². The summed E-state index contributed by atoms with van der Waals surface area (Å²) in [4.78, 5) is 17.6. The first-order chi connectivity index (χ1) is 29.6. The number of benzene rings is 2. The van der Waals surface area contributed by atoms with Gasteiger partial charge in [-0.1, -0.05) is 12.1 Å². The molecule has 7 rings (SSSR count). The van der Waals surface area contributed by atoms with Crippen molar-refractivity contribution >= 4 is 46.4 Å². The van der Waals surface area contributed by atoms with Crippen molar-refractivity contribution in [3.8, 4) is 45.3 Å². The van der Waals surface area contributed by atoms with Crippen LogP contribution in [0.3, 0.4) is 0 Å². The molecule has 0 aliphatic carbocycles. The highest BCUT2D eigenvalue weighted by molar-refractivity contribution is 5.97. The van der Waals surface area contributed by atoms with Gasteiger partial charge in [-0.15, -0.1) is 0 Å². The maximum Gasteiger partial charge on any atom is 0.131 e. The van der Waals surface area contributed by atoms with Gasteiger partial charge in [0.1, 0.15) is 23.0 Å². The van der Waals surface area contributed by atoms with E-state index in [1.54, 1.807) is 0 Å². The molecule has 5 aromatic rings. The highest BCUT2D eigenvalue weighted by Gasteiger charge is 2.22. The molecule has 12 nitrogen and oxygen atoms in total. The molecule has 60 heavy (non-hydrogen) atoms. The Hall–Kier alpha value is -5.92. The van der Waals surface area contributed by atoms with Crippen molar-refractivity contribution in [3.05, 3.63) is 95.6 Å². The van der Waals surface area contributed by atoms with E-state index < -0.39 is 0 Å². The average molecular weight is 815 g/mol. The summed E-state index contributed by atoms with van der Waals surface area (Å²) < 4.78 is 25.6. The van der Waals surface area contributed by atoms with Gasteiger partial charge in [-0.25, -0.2) is 9.97 Å². The molecule has 0 unspecified atom stereocenters. The van der Waals surface area contributed by atoms with Crippen LogP contribution in [0.4, 0.5) is 0 Å². The second kappa shape index (κ2) is 21.4. The van der Waals surface area contributed by atoms with Gasteiger partial charge in [0.25, 0.3) is 0 Å². The van der Waals surface area contributed by atoms with E-state index in [2.05, 4.69) is 9.97 Å². The lowest BCUT2D eigenvalue weighted by molar-refractivity contribution is 0.248. The van der Waals surface area contributed by atoms with E-state index in [-0.39, 0.29) is 26.4 Å². The van der Waals surface area contributed by atoms with E-state index in [9.17, 15) is 20.4 Å². The van der Waals surface area contributed by atoms with Crippen LogP contribution < -0.4 is 18.9 Å². The van der Waals surface area contributed by atoms with Crippen molar-refractivity contribution in [2.24, 2.45) is 0 Å². The minimum atomic E-state index is 0.0941. The van der Waals surface area contributed by atoms with Crippen molar-refractivity contribution in [1.29, 1.82) is 0 Å². The molecule has 12 heteroatoms. The molecule has 0 radical (unpaired) electrons. The highest BCUT2D eigenvalue weighted by atomic mass is 16.5. The maximum atomic E-state index is 9.42. The van der Waals surface area contributed by atoms with Crippen LogP contribution in [0.25, 0.3) is 68.6 Å². The van der Waals surface area contributed by atoms with Gasteiger partial charge < -0.3 is 49.3 Å². The number of aliphatic hydroxyl groups excluding tert-OH is 4. The molecule has 0 spiro atoms. The smallest absolute Gasteiger partial charge is 0.131 e. The normalized spacial score (nSPS) is 11.9. The van der Waals surface area contributed by atoms with Crippen LogP contribution >= 0.6 is 0 Å². The largest absolute Gasteiger partial charge is 0.493 e. The van der Waals surface area contributed by atoms with E-state index in [0.717, 1.165) is 67.1 Å². The molecular formula is C48H54N4O8. The van der Waals surface area contributed by atoms with Gasteiger partial charge in [-0.3, -0.25) is 0 Å². The SMILES string of the molecule is OCCCCOc1cccc(OCCCCO)c1-c1c2nc(cc3ccc([nH]3)c(-c3c(OCCCCO)cccc3OCCCCO)c3nc(cc4ccc1[nH]4)C=C3)C=C2. The third-order valence-electron chi connectivity index (χ3n) is 10.1. The van der Waals surface area contributed by atoms with Gasteiger partial charge in [0.2, 0.25) is 0 Å². The lowest BCUT2D eigenvalue weighted by Gasteiger charge is -2.17. The van der Waals surface area contributed by atoms with Crippen molar-refractivity contribution in [1.82, 2.24) is 19.9 Å². The molecule has 0 saturated heterocycles. The molecular weight excluding hydrogens is 761 g/mol. The molecule has 2 aliphatic rings. The predicted molar refractivity (Wildman–Crippen MR) is 237 cm³/mol. The van der Waals surface area contributed by atoms with Gasteiger partial charge in [0, 0.05) is 59.6 Å². The monoisotopic (exact) mass is 814 g/mol. The first-order valence-corrected chi connectivity index (χ1v) is 20.9. The zero-order valence-electron chi connectivity index (χ0n) is 33.9. The number of nitrogens with zero attached hydrogens (tertiary/aromatic N) is 2.